The fourth-order valence-corrected chi connectivity index (χ4v) is 2.31. The first-order chi connectivity index (χ1) is 7.33. The standard InChI is InChI=1S/C13H19NO/c1-15-13-7-6-11-4-2-10(9-14)3-5-12(11)8-13/h6-8,10H,2-5,9,14H2,1H3. The smallest absolute Gasteiger partial charge is 0.119 e. The van der Waals surface area contributed by atoms with Crippen LogP contribution in [0, 0.1) is 5.92 Å². The van der Waals surface area contributed by atoms with Crippen LogP contribution in [0.25, 0.3) is 0 Å². The third-order valence-corrected chi connectivity index (χ3v) is 3.39. The van der Waals surface area contributed by atoms with Crippen LogP contribution >= 0.6 is 0 Å². The molecule has 0 aromatic heterocycles. The molecule has 1 aromatic carbocycles. The summed E-state index contributed by atoms with van der Waals surface area (Å²) in [5.41, 5.74) is 8.67. The Morgan fingerprint density at radius 2 is 2.00 bits per heavy atom. The van der Waals surface area contributed by atoms with Gasteiger partial charge in [-0.1, -0.05) is 6.07 Å². The van der Waals surface area contributed by atoms with Gasteiger partial charge in [0.25, 0.3) is 0 Å². The Kier molecular flexibility index (Phi) is 3.27. The Hall–Kier alpha value is -1.02. The quantitative estimate of drug-likeness (QED) is 0.751. The topological polar surface area (TPSA) is 35.2 Å². The predicted molar refractivity (Wildman–Crippen MR) is 62.2 cm³/mol. The first kappa shape index (κ1) is 10.5. The summed E-state index contributed by atoms with van der Waals surface area (Å²) in [6.07, 6.45) is 4.77. The van der Waals surface area contributed by atoms with Crippen LogP contribution in [0.15, 0.2) is 18.2 Å². The van der Waals surface area contributed by atoms with Gasteiger partial charge in [0, 0.05) is 0 Å². The van der Waals surface area contributed by atoms with E-state index >= 15 is 0 Å². The molecule has 0 fully saturated rings. The van der Waals surface area contributed by atoms with E-state index in [1.165, 1.54) is 30.4 Å². The second kappa shape index (κ2) is 4.67. The van der Waals surface area contributed by atoms with Crippen molar-refractivity contribution in [2.45, 2.75) is 25.7 Å². The molecule has 2 rings (SSSR count). The monoisotopic (exact) mass is 205 g/mol. The van der Waals surface area contributed by atoms with Crippen molar-refractivity contribution in [3.63, 3.8) is 0 Å². The lowest BCUT2D eigenvalue weighted by molar-refractivity contribution is 0.414. The van der Waals surface area contributed by atoms with Crippen LogP contribution < -0.4 is 10.5 Å². The molecule has 0 saturated carbocycles. The van der Waals surface area contributed by atoms with Gasteiger partial charge in [-0.05, 0) is 61.4 Å². The molecule has 0 heterocycles. The molecule has 15 heavy (non-hydrogen) atoms. The minimum atomic E-state index is 0.698. The number of rotatable bonds is 2. The van der Waals surface area contributed by atoms with Gasteiger partial charge in [0.2, 0.25) is 0 Å². The summed E-state index contributed by atoms with van der Waals surface area (Å²) in [6.45, 7) is 0.825. The molecular weight excluding hydrogens is 186 g/mol. The van der Waals surface area contributed by atoms with E-state index in [-0.39, 0.29) is 0 Å². The number of hydrogen-bond donors (Lipinski definition) is 1. The number of methoxy groups -OCH3 is 1. The summed E-state index contributed by atoms with van der Waals surface area (Å²) in [5.74, 6) is 1.67. The van der Waals surface area contributed by atoms with Gasteiger partial charge in [0.1, 0.15) is 5.75 Å². The van der Waals surface area contributed by atoms with Crippen molar-refractivity contribution < 1.29 is 4.74 Å². The summed E-state index contributed by atoms with van der Waals surface area (Å²) in [5, 5.41) is 0. The summed E-state index contributed by atoms with van der Waals surface area (Å²) < 4.78 is 5.25. The summed E-state index contributed by atoms with van der Waals surface area (Å²) in [6, 6.07) is 6.43. The van der Waals surface area contributed by atoms with Crippen molar-refractivity contribution in [2.75, 3.05) is 13.7 Å². The second-order valence-corrected chi connectivity index (χ2v) is 4.31. The fourth-order valence-electron chi connectivity index (χ4n) is 2.31. The van der Waals surface area contributed by atoms with Crippen LogP contribution in [0.3, 0.4) is 0 Å². The lowest BCUT2D eigenvalue weighted by atomic mass is 10.0. The second-order valence-electron chi connectivity index (χ2n) is 4.31. The van der Waals surface area contributed by atoms with E-state index in [9.17, 15) is 0 Å². The molecule has 0 aliphatic heterocycles. The Balaban J connectivity index is 2.20. The van der Waals surface area contributed by atoms with Gasteiger partial charge in [-0.3, -0.25) is 0 Å². The SMILES string of the molecule is COc1ccc2c(c1)CCC(CN)CC2. The number of benzene rings is 1. The fraction of sp³-hybridized carbons (Fsp3) is 0.538. The van der Waals surface area contributed by atoms with E-state index in [1.54, 1.807) is 7.11 Å². The Morgan fingerprint density at radius 3 is 2.67 bits per heavy atom. The molecule has 1 unspecified atom stereocenters. The summed E-state index contributed by atoms with van der Waals surface area (Å²) >= 11 is 0. The van der Waals surface area contributed by atoms with Crippen molar-refractivity contribution in [1.29, 1.82) is 0 Å². The zero-order valence-electron chi connectivity index (χ0n) is 9.33. The first-order valence-electron chi connectivity index (χ1n) is 5.69. The van der Waals surface area contributed by atoms with Gasteiger partial charge >= 0.3 is 0 Å². The number of hydrogen-bond acceptors (Lipinski definition) is 2. The van der Waals surface area contributed by atoms with Crippen LogP contribution in [-0.2, 0) is 12.8 Å². The van der Waals surface area contributed by atoms with Crippen molar-refractivity contribution in [2.24, 2.45) is 11.7 Å². The van der Waals surface area contributed by atoms with E-state index in [0.717, 1.165) is 18.7 Å². The molecule has 82 valence electrons. The van der Waals surface area contributed by atoms with Crippen LogP contribution in [0.2, 0.25) is 0 Å². The minimum Gasteiger partial charge on any atom is -0.497 e. The molecular formula is C13H19NO. The maximum Gasteiger partial charge on any atom is 0.119 e. The van der Waals surface area contributed by atoms with Gasteiger partial charge in [-0.2, -0.15) is 0 Å². The third-order valence-electron chi connectivity index (χ3n) is 3.39. The normalized spacial score (nSPS) is 20.5. The van der Waals surface area contributed by atoms with Crippen LogP contribution in [0.5, 0.6) is 5.75 Å². The van der Waals surface area contributed by atoms with Crippen LogP contribution in [-0.4, -0.2) is 13.7 Å². The van der Waals surface area contributed by atoms with Gasteiger partial charge in [0.05, 0.1) is 7.11 Å². The molecule has 0 spiro atoms. The molecule has 0 radical (unpaired) electrons. The van der Waals surface area contributed by atoms with Crippen molar-refractivity contribution >= 4 is 0 Å². The number of fused-ring (bicyclic) bond motifs is 1. The number of ether oxygens (including phenoxy) is 1. The Labute approximate surface area is 91.4 Å². The third kappa shape index (κ3) is 2.32. The number of nitrogens with two attached hydrogens (primary N) is 1. The minimum absolute atomic E-state index is 0.698. The van der Waals surface area contributed by atoms with Crippen molar-refractivity contribution in [3.05, 3.63) is 29.3 Å². The highest BCUT2D eigenvalue weighted by Crippen LogP contribution is 2.26. The highest BCUT2D eigenvalue weighted by molar-refractivity contribution is 5.36. The predicted octanol–water partition coefficient (Wildman–Crippen LogP) is 2.15. The zero-order chi connectivity index (χ0) is 10.7. The van der Waals surface area contributed by atoms with Crippen LogP contribution in [0.4, 0.5) is 0 Å². The summed E-state index contributed by atoms with van der Waals surface area (Å²) in [4.78, 5) is 0. The van der Waals surface area contributed by atoms with Gasteiger partial charge in [-0.15, -0.1) is 0 Å². The molecule has 0 amide bonds. The molecule has 2 heteroatoms. The molecule has 0 bridgehead atoms. The molecule has 1 atom stereocenters. The van der Waals surface area contributed by atoms with E-state index in [4.69, 9.17) is 10.5 Å². The average molecular weight is 205 g/mol. The lowest BCUT2D eigenvalue weighted by Crippen LogP contribution is -2.14. The largest absolute Gasteiger partial charge is 0.497 e. The highest BCUT2D eigenvalue weighted by Gasteiger charge is 2.15. The zero-order valence-corrected chi connectivity index (χ0v) is 9.33. The average Bonchev–Trinajstić information content (AvgIpc) is 2.50. The highest BCUT2D eigenvalue weighted by atomic mass is 16.5. The number of aryl methyl sites for hydroxylation is 2. The van der Waals surface area contributed by atoms with Crippen molar-refractivity contribution in [1.82, 2.24) is 0 Å². The Bertz CT molecular complexity index is 335. The van der Waals surface area contributed by atoms with E-state index in [1.807, 2.05) is 0 Å². The summed E-state index contributed by atoms with van der Waals surface area (Å²) in [7, 11) is 1.72. The molecule has 1 aliphatic carbocycles. The molecule has 1 aliphatic rings. The lowest BCUT2D eigenvalue weighted by Gasteiger charge is -2.08. The van der Waals surface area contributed by atoms with E-state index < -0.39 is 0 Å². The van der Waals surface area contributed by atoms with E-state index in [2.05, 4.69) is 18.2 Å². The maximum absolute atomic E-state index is 5.74. The molecule has 1 aromatic rings. The van der Waals surface area contributed by atoms with Crippen molar-refractivity contribution in [3.8, 4) is 5.75 Å². The van der Waals surface area contributed by atoms with Crippen LogP contribution in [0.1, 0.15) is 24.0 Å². The molecule has 2 N–H and O–H groups in total. The van der Waals surface area contributed by atoms with Gasteiger partial charge < -0.3 is 10.5 Å². The molecule has 0 saturated heterocycles. The first-order valence-corrected chi connectivity index (χ1v) is 5.69. The maximum atomic E-state index is 5.74. The van der Waals surface area contributed by atoms with Gasteiger partial charge in [-0.25, -0.2) is 0 Å². The van der Waals surface area contributed by atoms with E-state index in [0.29, 0.717) is 5.92 Å². The van der Waals surface area contributed by atoms with Gasteiger partial charge in [0.15, 0.2) is 0 Å². The molecule has 2 nitrogen and oxygen atoms in total. The Morgan fingerprint density at radius 1 is 1.27 bits per heavy atom.